The van der Waals surface area contributed by atoms with Crippen LogP contribution in [0.5, 0.6) is 0 Å². The Morgan fingerprint density at radius 1 is 1.33 bits per heavy atom. The van der Waals surface area contributed by atoms with Crippen LogP contribution in [-0.4, -0.2) is 43.5 Å². The van der Waals surface area contributed by atoms with Crippen molar-refractivity contribution in [2.24, 2.45) is 5.92 Å². The lowest BCUT2D eigenvalue weighted by molar-refractivity contribution is -0.131. The van der Waals surface area contributed by atoms with Crippen molar-refractivity contribution in [2.45, 2.75) is 25.7 Å². The van der Waals surface area contributed by atoms with Crippen LogP contribution in [0, 0.1) is 17.2 Å². The van der Waals surface area contributed by atoms with E-state index in [-0.39, 0.29) is 12.3 Å². The quantitative estimate of drug-likeness (QED) is 0.713. The van der Waals surface area contributed by atoms with Gasteiger partial charge in [0.15, 0.2) is 5.82 Å². The van der Waals surface area contributed by atoms with Gasteiger partial charge in [0.1, 0.15) is 6.42 Å². The summed E-state index contributed by atoms with van der Waals surface area (Å²) in [7, 11) is 0. The molecule has 1 aliphatic rings. The highest BCUT2D eigenvalue weighted by molar-refractivity contribution is 5.78. The lowest BCUT2D eigenvalue weighted by Crippen LogP contribution is -2.40. The molecule has 0 aromatic carbocycles. The van der Waals surface area contributed by atoms with Gasteiger partial charge in [0.2, 0.25) is 5.91 Å². The second-order valence-electron chi connectivity index (χ2n) is 6.85. The maximum atomic E-state index is 12.0. The summed E-state index contributed by atoms with van der Waals surface area (Å²) in [5.74, 6) is 0.951. The predicted molar refractivity (Wildman–Crippen MR) is 99.5 cm³/mol. The van der Waals surface area contributed by atoms with E-state index in [0.717, 1.165) is 42.6 Å². The highest BCUT2D eigenvalue weighted by atomic mass is 16.2. The summed E-state index contributed by atoms with van der Waals surface area (Å²) < 4.78 is 1.81. The van der Waals surface area contributed by atoms with E-state index < -0.39 is 0 Å². The summed E-state index contributed by atoms with van der Waals surface area (Å²) in [5.41, 5.74) is 2.85. The van der Waals surface area contributed by atoms with Crippen molar-refractivity contribution < 1.29 is 4.79 Å². The molecule has 27 heavy (non-hydrogen) atoms. The first-order chi connectivity index (χ1) is 13.2. The van der Waals surface area contributed by atoms with E-state index >= 15 is 0 Å². The van der Waals surface area contributed by atoms with Gasteiger partial charge in [-0.05, 0) is 43.4 Å². The Morgan fingerprint density at radius 3 is 3.15 bits per heavy atom. The third-order valence-electron chi connectivity index (χ3n) is 4.98. The lowest BCUT2D eigenvalue weighted by atomic mass is 9.93. The number of aromatic nitrogens is 4. The van der Waals surface area contributed by atoms with Gasteiger partial charge in [-0.3, -0.25) is 4.79 Å². The van der Waals surface area contributed by atoms with Crippen molar-refractivity contribution in [3.63, 3.8) is 0 Å². The Bertz CT molecular complexity index is 1000. The molecule has 0 N–H and O–H groups in total. The Kier molecular flexibility index (Phi) is 4.79. The fourth-order valence-electron chi connectivity index (χ4n) is 3.68. The molecule has 7 heteroatoms. The van der Waals surface area contributed by atoms with Gasteiger partial charge < -0.3 is 4.90 Å². The molecule has 0 aliphatic carbocycles. The van der Waals surface area contributed by atoms with Gasteiger partial charge in [-0.2, -0.15) is 10.4 Å². The number of nitriles is 1. The van der Waals surface area contributed by atoms with Gasteiger partial charge in [-0.25, -0.2) is 14.5 Å². The van der Waals surface area contributed by atoms with Crippen LogP contribution >= 0.6 is 0 Å². The number of hydrogen-bond donors (Lipinski definition) is 0. The van der Waals surface area contributed by atoms with Crippen LogP contribution in [0.3, 0.4) is 0 Å². The van der Waals surface area contributed by atoms with E-state index in [1.165, 1.54) is 0 Å². The fourth-order valence-corrected chi connectivity index (χ4v) is 3.68. The summed E-state index contributed by atoms with van der Waals surface area (Å²) in [6.07, 6.45) is 8.25. The minimum absolute atomic E-state index is 0.0426. The number of piperidine rings is 1. The monoisotopic (exact) mass is 360 g/mol. The first-order valence-electron chi connectivity index (χ1n) is 9.14. The smallest absolute Gasteiger partial charge is 0.236 e. The first-order valence-corrected chi connectivity index (χ1v) is 9.14. The highest BCUT2D eigenvalue weighted by Gasteiger charge is 2.24. The zero-order valence-electron chi connectivity index (χ0n) is 15.0. The molecule has 0 radical (unpaired) electrons. The van der Waals surface area contributed by atoms with Gasteiger partial charge in [-0.1, -0.05) is 6.07 Å². The van der Waals surface area contributed by atoms with Gasteiger partial charge in [-0.15, -0.1) is 0 Å². The van der Waals surface area contributed by atoms with E-state index in [1.54, 1.807) is 12.4 Å². The standard InChI is InChI=1S/C20H20N6O/c21-8-6-19(27)25-10-3-4-15(14-25)12-16-7-9-22-20(24-16)17-13-23-26-11-2-1-5-18(17)26/h1-2,5,7,9,11,13,15H,3-4,6,10,12,14H2/t15-/m0/s1. The van der Waals surface area contributed by atoms with Crippen molar-refractivity contribution in [3.05, 3.63) is 48.5 Å². The van der Waals surface area contributed by atoms with Gasteiger partial charge >= 0.3 is 0 Å². The molecule has 4 rings (SSSR count). The van der Waals surface area contributed by atoms with Crippen LogP contribution in [0.15, 0.2) is 42.9 Å². The third kappa shape index (κ3) is 3.65. The number of amides is 1. The number of likely N-dealkylation sites (tertiary alicyclic amines) is 1. The average Bonchev–Trinajstić information content (AvgIpc) is 3.13. The molecule has 0 bridgehead atoms. The van der Waals surface area contributed by atoms with Crippen LogP contribution in [-0.2, 0) is 11.2 Å². The molecular formula is C20H20N6O. The zero-order valence-corrected chi connectivity index (χ0v) is 15.0. The fraction of sp³-hybridized carbons (Fsp3) is 0.350. The second-order valence-corrected chi connectivity index (χ2v) is 6.85. The molecule has 0 unspecified atom stereocenters. The molecule has 136 valence electrons. The number of fused-ring (bicyclic) bond motifs is 1. The van der Waals surface area contributed by atoms with Crippen LogP contribution in [0.4, 0.5) is 0 Å². The molecule has 7 nitrogen and oxygen atoms in total. The molecule has 1 aliphatic heterocycles. The normalized spacial score (nSPS) is 17.0. The van der Waals surface area contributed by atoms with Gasteiger partial charge in [0.05, 0.1) is 23.3 Å². The maximum absolute atomic E-state index is 12.0. The molecule has 1 saturated heterocycles. The Balaban J connectivity index is 1.51. The Labute approximate surface area is 157 Å². The van der Waals surface area contributed by atoms with Crippen molar-refractivity contribution in [2.75, 3.05) is 13.1 Å². The van der Waals surface area contributed by atoms with Crippen molar-refractivity contribution in [3.8, 4) is 17.5 Å². The van der Waals surface area contributed by atoms with Gasteiger partial charge in [0.25, 0.3) is 0 Å². The third-order valence-corrected chi connectivity index (χ3v) is 4.98. The minimum Gasteiger partial charge on any atom is -0.342 e. The van der Waals surface area contributed by atoms with E-state index in [4.69, 9.17) is 10.2 Å². The lowest BCUT2D eigenvalue weighted by Gasteiger charge is -2.32. The van der Waals surface area contributed by atoms with Gasteiger partial charge in [0, 0.05) is 31.2 Å². The number of rotatable bonds is 4. The molecule has 1 atom stereocenters. The molecule has 3 aromatic heterocycles. The van der Waals surface area contributed by atoms with Crippen molar-refractivity contribution >= 4 is 11.4 Å². The first kappa shape index (κ1) is 17.2. The van der Waals surface area contributed by atoms with E-state index in [0.29, 0.717) is 18.3 Å². The molecule has 3 aromatic rings. The molecular weight excluding hydrogens is 340 g/mol. The number of pyridine rings is 1. The van der Waals surface area contributed by atoms with E-state index in [2.05, 4.69) is 10.1 Å². The van der Waals surface area contributed by atoms with E-state index in [9.17, 15) is 4.79 Å². The second kappa shape index (κ2) is 7.54. The summed E-state index contributed by atoms with van der Waals surface area (Å²) in [6.45, 7) is 1.44. The minimum atomic E-state index is -0.0723. The summed E-state index contributed by atoms with van der Waals surface area (Å²) in [6, 6.07) is 9.79. The summed E-state index contributed by atoms with van der Waals surface area (Å²) >= 11 is 0. The molecule has 0 spiro atoms. The zero-order chi connectivity index (χ0) is 18.6. The number of carbonyl (C=O) groups excluding carboxylic acids is 1. The SMILES string of the molecule is N#CCC(=O)N1CCC[C@@H](Cc2ccnc(-c3cnn4ccccc34)n2)C1. The summed E-state index contributed by atoms with van der Waals surface area (Å²) in [4.78, 5) is 23.0. The molecule has 1 amide bonds. The predicted octanol–water partition coefficient (Wildman–Crippen LogP) is 2.49. The number of carbonyl (C=O) groups is 1. The maximum Gasteiger partial charge on any atom is 0.236 e. The number of hydrogen-bond acceptors (Lipinski definition) is 5. The molecule has 1 fully saturated rings. The highest BCUT2D eigenvalue weighted by Crippen LogP contribution is 2.24. The van der Waals surface area contributed by atoms with Crippen molar-refractivity contribution in [1.82, 2.24) is 24.5 Å². The largest absolute Gasteiger partial charge is 0.342 e. The Hall–Kier alpha value is -3.27. The Morgan fingerprint density at radius 2 is 2.26 bits per heavy atom. The summed E-state index contributed by atoms with van der Waals surface area (Å²) in [5, 5.41) is 13.1. The average molecular weight is 360 g/mol. The van der Waals surface area contributed by atoms with Crippen LogP contribution in [0.2, 0.25) is 0 Å². The topological polar surface area (TPSA) is 87.2 Å². The van der Waals surface area contributed by atoms with E-state index in [1.807, 2.05) is 45.9 Å². The number of nitrogens with zero attached hydrogens (tertiary/aromatic N) is 6. The van der Waals surface area contributed by atoms with Crippen LogP contribution in [0.25, 0.3) is 16.9 Å². The van der Waals surface area contributed by atoms with Crippen molar-refractivity contribution in [1.29, 1.82) is 5.26 Å². The van der Waals surface area contributed by atoms with Crippen LogP contribution in [0.1, 0.15) is 25.0 Å². The van der Waals surface area contributed by atoms with Crippen LogP contribution < -0.4 is 0 Å². The molecule has 0 saturated carbocycles. The molecule has 4 heterocycles.